The Morgan fingerprint density at radius 1 is 1.40 bits per heavy atom. The number of aromatic nitrogens is 3. The van der Waals surface area contributed by atoms with Crippen LogP contribution in [0.1, 0.15) is 24.5 Å². The van der Waals surface area contributed by atoms with Crippen LogP contribution in [-0.2, 0) is 22.6 Å². The third-order valence-corrected chi connectivity index (χ3v) is 4.78. The van der Waals surface area contributed by atoms with E-state index in [-0.39, 0.29) is 16.8 Å². The molecule has 7 nitrogen and oxygen atoms in total. The highest BCUT2D eigenvalue weighted by molar-refractivity contribution is 8.00. The summed E-state index contributed by atoms with van der Waals surface area (Å²) in [4.78, 5) is 24.1. The molecule has 1 aromatic carbocycles. The van der Waals surface area contributed by atoms with E-state index in [2.05, 4.69) is 15.5 Å². The largest absolute Gasteiger partial charge is 0.385 e. The van der Waals surface area contributed by atoms with E-state index in [4.69, 9.17) is 4.74 Å². The van der Waals surface area contributed by atoms with Gasteiger partial charge in [0.05, 0.1) is 5.25 Å². The Morgan fingerprint density at radius 3 is 2.80 bits per heavy atom. The quantitative estimate of drug-likeness (QED) is 0.522. The highest BCUT2D eigenvalue weighted by Gasteiger charge is 2.18. The topological polar surface area (TPSA) is 89.0 Å². The minimum Gasteiger partial charge on any atom is -0.385 e. The lowest BCUT2D eigenvalue weighted by Crippen LogP contribution is -2.31. The predicted octanol–water partition coefficient (Wildman–Crippen LogP) is 1.71. The number of hydrogen-bond acceptors (Lipinski definition) is 5. The minimum atomic E-state index is -0.359. The molecule has 0 saturated heterocycles. The van der Waals surface area contributed by atoms with E-state index in [1.54, 1.807) is 14.0 Å². The van der Waals surface area contributed by atoms with Gasteiger partial charge in [0.2, 0.25) is 5.91 Å². The van der Waals surface area contributed by atoms with Gasteiger partial charge in [-0.25, -0.2) is 9.89 Å². The summed E-state index contributed by atoms with van der Waals surface area (Å²) in [5.41, 5.74) is 1.96. The van der Waals surface area contributed by atoms with Crippen molar-refractivity contribution in [2.45, 2.75) is 43.8 Å². The molecule has 1 amide bonds. The zero-order valence-corrected chi connectivity index (χ0v) is 15.6. The van der Waals surface area contributed by atoms with Gasteiger partial charge in [0.1, 0.15) is 0 Å². The highest BCUT2D eigenvalue weighted by atomic mass is 32.2. The second-order valence-electron chi connectivity index (χ2n) is 5.77. The Morgan fingerprint density at radius 2 is 2.12 bits per heavy atom. The van der Waals surface area contributed by atoms with E-state index >= 15 is 0 Å². The van der Waals surface area contributed by atoms with Crippen LogP contribution in [0.25, 0.3) is 0 Å². The normalized spacial score (nSPS) is 12.1. The SMILES string of the molecule is COCCCn1c(S[C@@H](C)C(=O)NCc2ccc(C)cc2)n[nH]c1=O. The third-order valence-electron chi connectivity index (χ3n) is 3.69. The van der Waals surface area contributed by atoms with Crippen LogP contribution in [0.2, 0.25) is 0 Å². The number of ether oxygens (including phenoxy) is 1. The lowest BCUT2D eigenvalue weighted by molar-refractivity contribution is -0.120. The molecule has 2 aromatic rings. The van der Waals surface area contributed by atoms with E-state index < -0.39 is 0 Å². The second kappa shape index (κ2) is 9.43. The fourth-order valence-corrected chi connectivity index (χ4v) is 3.11. The molecule has 2 rings (SSSR count). The number of aryl methyl sites for hydroxylation is 1. The van der Waals surface area contributed by atoms with E-state index in [9.17, 15) is 9.59 Å². The molecule has 0 fully saturated rings. The van der Waals surface area contributed by atoms with E-state index in [0.29, 0.717) is 31.3 Å². The number of H-pyrrole nitrogens is 1. The number of nitrogens with one attached hydrogen (secondary N) is 2. The number of carbonyl (C=O) groups excluding carboxylic acids is 1. The average Bonchev–Trinajstić information content (AvgIpc) is 2.94. The molecule has 8 heteroatoms. The summed E-state index contributed by atoms with van der Waals surface area (Å²) in [7, 11) is 1.62. The summed E-state index contributed by atoms with van der Waals surface area (Å²) in [6.07, 6.45) is 0.706. The summed E-state index contributed by atoms with van der Waals surface area (Å²) in [5.74, 6) is -0.0931. The van der Waals surface area contributed by atoms with Gasteiger partial charge in [0.15, 0.2) is 5.16 Å². The molecule has 0 aliphatic heterocycles. The number of nitrogens with zero attached hydrogens (tertiary/aromatic N) is 2. The van der Waals surface area contributed by atoms with Gasteiger partial charge < -0.3 is 10.1 Å². The second-order valence-corrected chi connectivity index (χ2v) is 7.08. The van der Waals surface area contributed by atoms with Gasteiger partial charge in [0.25, 0.3) is 0 Å². The number of amides is 1. The van der Waals surface area contributed by atoms with Gasteiger partial charge in [0, 0.05) is 26.8 Å². The molecule has 0 radical (unpaired) electrons. The molecule has 0 aliphatic rings. The van der Waals surface area contributed by atoms with Gasteiger partial charge >= 0.3 is 5.69 Å². The Labute approximate surface area is 151 Å². The molecule has 2 N–H and O–H groups in total. The first-order valence-electron chi connectivity index (χ1n) is 8.15. The molecular formula is C17H24N4O3S. The molecule has 25 heavy (non-hydrogen) atoms. The summed E-state index contributed by atoms with van der Waals surface area (Å²) in [6.45, 7) is 5.37. The lowest BCUT2D eigenvalue weighted by Gasteiger charge is -2.12. The predicted molar refractivity (Wildman–Crippen MR) is 97.7 cm³/mol. The molecular weight excluding hydrogens is 340 g/mol. The summed E-state index contributed by atoms with van der Waals surface area (Å²) in [5, 5.41) is 9.51. The molecule has 0 spiro atoms. The van der Waals surface area contributed by atoms with Crippen LogP contribution in [-0.4, -0.2) is 39.6 Å². The fourth-order valence-electron chi connectivity index (χ4n) is 2.21. The highest BCUT2D eigenvalue weighted by Crippen LogP contribution is 2.20. The molecule has 1 aromatic heterocycles. The first kappa shape index (κ1) is 19.3. The number of carbonyl (C=O) groups is 1. The van der Waals surface area contributed by atoms with Gasteiger partial charge in [-0.3, -0.25) is 9.36 Å². The first-order valence-corrected chi connectivity index (χ1v) is 9.03. The molecule has 1 heterocycles. The van der Waals surface area contributed by atoms with Crippen molar-refractivity contribution in [1.29, 1.82) is 0 Å². The Hall–Kier alpha value is -2.06. The maximum Gasteiger partial charge on any atom is 0.343 e. The smallest absolute Gasteiger partial charge is 0.343 e. The number of rotatable bonds is 9. The van der Waals surface area contributed by atoms with Crippen molar-refractivity contribution in [3.63, 3.8) is 0 Å². The van der Waals surface area contributed by atoms with E-state index in [1.165, 1.54) is 21.9 Å². The minimum absolute atomic E-state index is 0.0931. The van der Waals surface area contributed by atoms with Gasteiger partial charge in [-0.15, -0.1) is 5.10 Å². The number of thioether (sulfide) groups is 1. The van der Waals surface area contributed by atoms with E-state index in [1.807, 2.05) is 31.2 Å². The monoisotopic (exact) mass is 364 g/mol. The summed E-state index contributed by atoms with van der Waals surface area (Å²) in [6, 6.07) is 8.02. The molecule has 0 bridgehead atoms. The number of aromatic amines is 1. The fraction of sp³-hybridized carbons (Fsp3) is 0.471. The van der Waals surface area contributed by atoms with Crippen LogP contribution in [0.4, 0.5) is 0 Å². The van der Waals surface area contributed by atoms with Crippen molar-refractivity contribution in [2.75, 3.05) is 13.7 Å². The maximum absolute atomic E-state index is 12.3. The van der Waals surface area contributed by atoms with Crippen LogP contribution in [0.5, 0.6) is 0 Å². The van der Waals surface area contributed by atoms with Crippen LogP contribution in [0.3, 0.4) is 0 Å². The maximum atomic E-state index is 12.3. The van der Waals surface area contributed by atoms with Crippen molar-refractivity contribution >= 4 is 17.7 Å². The number of benzene rings is 1. The Balaban J connectivity index is 1.90. The number of hydrogen-bond donors (Lipinski definition) is 2. The first-order chi connectivity index (χ1) is 12.0. The zero-order chi connectivity index (χ0) is 18.2. The van der Waals surface area contributed by atoms with Crippen molar-refractivity contribution in [3.8, 4) is 0 Å². The molecule has 0 unspecified atom stereocenters. The van der Waals surface area contributed by atoms with Gasteiger partial charge in [-0.1, -0.05) is 41.6 Å². The Bertz CT molecular complexity index is 739. The molecule has 1 atom stereocenters. The standard InChI is InChI=1S/C17H24N4O3S/c1-12-5-7-14(8-6-12)11-18-15(22)13(2)25-17-20-19-16(23)21(17)9-4-10-24-3/h5-8,13H,4,9-11H2,1-3H3,(H,18,22)(H,19,23)/t13-/m0/s1. The zero-order valence-electron chi connectivity index (χ0n) is 14.7. The van der Waals surface area contributed by atoms with Crippen LogP contribution in [0, 0.1) is 6.92 Å². The van der Waals surface area contributed by atoms with E-state index in [0.717, 1.165) is 5.56 Å². The van der Waals surface area contributed by atoms with Gasteiger partial charge in [-0.2, -0.15) is 0 Å². The molecule has 0 aliphatic carbocycles. The lowest BCUT2D eigenvalue weighted by atomic mass is 10.1. The molecule has 0 saturated carbocycles. The van der Waals surface area contributed by atoms with Crippen molar-refractivity contribution in [1.82, 2.24) is 20.1 Å². The Kier molecular flexibility index (Phi) is 7.27. The van der Waals surface area contributed by atoms with Crippen LogP contribution in [0.15, 0.2) is 34.2 Å². The van der Waals surface area contributed by atoms with Gasteiger partial charge in [-0.05, 0) is 25.8 Å². The van der Waals surface area contributed by atoms with Crippen molar-refractivity contribution < 1.29 is 9.53 Å². The number of methoxy groups -OCH3 is 1. The van der Waals surface area contributed by atoms with Crippen molar-refractivity contribution in [3.05, 3.63) is 45.9 Å². The van der Waals surface area contributed by atoms with Crippen LogP contribution >= 0.6 is 11.8 Å². The van der Waals surface area contributed by atoms with Crippen molar-refractivity contribution in [2.24, 2.45) is 0 Å². The molecule has 136 valence electrons. The third kappa shape index (κ3) is 5.75. The summed E-state index contributed by atoms with van der Waals surface area (Å²) < 4.78 is 6.54. The van der Waals surface area contributed by atoms with Crippen LogP contribution < -0.4 is 11.0 Å². The average molecular weight is 364 g/mol. The summed E-state index contributed by atoms with van der Waals surface area (Å²) >= 11 is 1.26.